The molecule has 0 amide bonds. The van der Waals surface area contributed by atoms with Gasteiger partial charge in [0.25, 0.3) is 0 Å². The van der Waals surface area contributed by atoms with Crippen LogP contribution >= 0.6 is 0 Å². The Kier molecular flexibility index (Phi) is 7.83. The van der Waals surface area contributed by atoms with Crippen LogP contribution in [0.5, 0.6) is 0 Å². The number of ether oxygens (including phenoxy) is 1. The molecule has 0 atom stereocenters. The van der Waals surface area contributed by atoms with Crippen molar-refractivity contribution in [3.63, 3.8) is 0 Å². The molecule has 3 aromatic carbocycles. The minimum Gasteiger partial charge on any atom is -0.485 e. The number of benzene rings is 3. The van der Waals surface area contributed by atoms with Gasteiger partial charge in [0.05, 0.1) is 10.9 Å². The second kappa shape index (κ2) is 10.1. The molecule has 0 bridgehead atoms. The van der Waals surface area contributed by atoms with E-state index in [2.05, 4.69) is 73.3 Å². The third-order valence-electron chi connectivity index (χ3n) is 3.63. The fourth-order valence-corrected chi connectivity index (χ4v) is 4.53. The van der Waals surface area contributed by atoms with Crippen molar-refractivity contribution in [2.45, 2.75) is 21.3 Å². The predicted molar refractivity (Wildman–Crippen MR) is 100 cm³/mol. The molecule has 0 saturated carbocycles. The topological polar surface area (TPSA) is 26.3 Å². The molecule has 0 saturated heterocycles. The monoisotopic (exact) mass is 449 g/mol. The van der Waals surface area contributed by atoms with Crippen LogP contribution in [-0.4, -0.2) is 5.97 Å². The maximum absolute atomic E-state index is 11.1. The summed E-state index contributed by atoms with van der Waals surface area (Å²) in [6.45, 7) is 3.51. The van der Waals surface area contributed by atoms with Gasteiger partial charge in [-0.3, -0.25) is 11.4 Å². The van der Waals surface area contributed by atoms with Crippen LogP contribution in [0.3, 0.4) is 0 Å². The Balaban J connectivity index is 0.00000243. The van der Waals surface area contributed by atoms with Crippen LogP contribution in [0.2, 0.25) is 0 Å². The van der Waals surface area contributed by atoms with Gasteiger partial charge >= 0.3 is 0 Å². The van der Waals surface area contributed by atoms with Crippen molar-refractivity contribution in [1.82, 2.24) is 0 Å². The average Bonchev–Trinajstić information content (AvgIpc) is 2.69. The Hall–Kier alpha value is -2.16. The first-order chi connectivity index (χ1) is 12.3. The summed E-state index contributed by atoms with van der Waals surface area (Å²) in [4.78, 5) is 14.9. The first-order valence-electron chi connectivity index (χ1n) is 7.91. The van der Waals surface area contributed by atoms with E-state index >= 15 is 0 Å². The summed E-state index contributed by atoms with van der Waals surface area (Å²) >= 11 is 0. The molecule has 4 heteroatoms. The quantitative estimate of drug-likeness (QED) is 0.178. The number of carbonyl (C=O) groups is 1. The van der Waals surface area contributed by atoms with Crippen molar-refractivity contribution in [3.05, 3.63) is 103 Å². The Bertz CT molecular complexity index is 794. The summed E-state index contributed by atoms with van der Waals surface area (Å²) in [7, 11) is -0.167. The van der Waals surface area contributed by atoms with Gasteiger partial charge in [-0.05, 0) is 42.0 Å². The molecule has 0 heterocycles. The van der Waals surface area contributed by atoms with E-state index in [9.17, 15) is 4.79 Å². The van der Waals surface area contributed by atoms with Gasteiger partial charge < -0.3 is 10.8 Å². The summed E-state index contributed by atoms with van der Waals surface area (Å²) in [5.41, 5.74) is 0.942. The van der Waals surface area contributed by atoms with Gasteiger partial charge in [0.2, 0.25) is 0 Å². The number of carbonyl (C=O) groups excluding carboxylic acids is 1. The zero-order valence-corrected chi connectivity index (χ0v) is 16.5. The number of hydrogen-bond acceptors (Lipinski definition) is 2. The molecule has 0 N–H and O–H groups in total. The molecule has 133 valence electrons. The molecule has 2 nitrogen and oxygen atoms in total. The van der Waals surface area contributed by atoms with Crippen molar-refractivity contribution >= 4 is 16.9 Å². The Morgan fingerprint density at radius 2 is 1.27 bits per heavy atom. The first-order valence-corrected chi connectivity index (χ1v) is 9.13. The second-order valence-electron chi connectivity index (χ2n) is 5.33. The van der Waals surface area contributed by atoms with Crippen LogP contribution in [0.1, 0.15) is 5.56 Å². The average molecular weight is 449 g/mol. The maximum Gasteiger partial charge on any atom is 0.166 e. The molecule has 0 fully saturated rings. The zero-order chi connectivity index (χ0) is 17.5. The zero-order valence-electron chi connectivity index (χ0n) is 14.1. The first kappa shape index (κ1) is 20.2. The van der Waals surface area contributed by atoms with Gasteiger partial charge in [0.15, 0.2) is 14.7 Å². The number of hydrogen-bond donors (Lipinski definition) is 0. The largest absolute Gasteiger partial charge is 0.485 e. The van der Waals surface area contributed by atoms with E-state index < -0.39 is 5.97 Å². The fraction of sp³-hybridized carbons (Fsp3) is 0.0455. The SMILES string of the molecule is C=[C-]C(=O)OCc1ccc([S+](c2ccccc2)c2ccccc2)cc1.[Rh]. The molecular weight excluding hydrogens is 431 g/mol. The summed E-state index contributed by atoms with van der Waals surface area (Å²) in [6.07, 6.45) is 2.20. The minimum atomic E-state index is -0.530. The molecule has 1 radical (unpaired) electrons. The van der Waals surface area contributed by atoms with Crippen LogP contribution in [0, 0.1) is 6.08 Å². The Morgan fingerprint density at radius 3 is 1.73 bits per heavy atom. The Morgan fingerprint density at radius 1 is 0.808 bits per heavy atom. The van der Waals surface area contributed by atoms with E-state index in [0.717, 1.165) is 5.56 Å². The van der Waals surface area contributed by atoms with E-state index in [1.165, 1.54) is 14.7 Å². The van der Waals surface area contributed by atoms with Crippen molar-refractivity contribution in [2.75, 3.05) is 0 Å². The van der Waals surface area contributed by atoms with Gasteiger partial charge in [-0.15, -0.1) is 0 Å². The third kappa shape index (κ3) is 5.17. The van der Waals surface area contributed by atoms with Crippen molar-refractivity contribution in [3.8, 4) is 0 Å². The molecule has 0 aliphatic rings. The van der Waals surface area contributed by atoms with E-state index in [1.54, 1.807) is 0 Å². The van der Waals surface area contributed by atoms with Gasteiger partial charge in [-0.2, -0.15) is 0 Å². The summed E-state index contributed by atoms with van der Waals surface area (Å²) < 4.78 is 5.04. The van der Waals surface area contributed by atoms with Gasteiger partial charge in [-0.25, -0.2) is 0 Å². The normalized spacial score (nSPS) is 10.0. The second-order valence-corrected chi connectivity index (χ2v) is 7.36. The molecule has 3 rings (SSSR count). The predicted octanol–water partition coefficient (Wildman–Crippen LogP) is 4.81. The number of esters is 1. The molecular formula is C22H18O2RhS. The van der Waals surface area contributed by atoms with Crippen LogP contribution < -0.4 is 0 Å². The van der Waals surface area contributed by atoms with Gasteiger partial charge in [0.1, 0.15) is 12.6 Å². The molecule has 0 spiro atoms. The smallest absolute Gasteiger partial charge is 0.166 e. The van der Waals surface area contributed by atoms with E-state index in [4.69, 9.17) is 4.74 Å². The van der Waals surface area contributed by atoms with Crippen LogP contribution in [0.4, 0.5) is 0 Å². The summed E-state index contributed by atoms with van der Waals surface area (Å²) in [5, 5.41) is 0. The fourth-order valence-electron chi connectivity index (χ4n) is 2.44. The van der Waals surface area contributed by atoms with Gasteiger partial charge in [0, 0.05) is 19.5 Å². The van der Waals surface area contributed by atoms with Crippen LogP contribution in [0.15, 0.2) is 106 Å². The Labute approximate surface area is 170 Å². The summed E-state index contributed by atoms with van der Waals surface area (Å²) in [6, 6.07) is 29.2. The minimum absolute atomic E-state index is 0. The molecule has 0 aromatic heterocycles. The third-order valence-corrected chi connectivity index (χ3v) is 5.86. The number of rotatable bonds is 6. The maximum atomic E-state index is 11.1. The molecule has 0 unspecified atom stereocenters. The van der Waals surface area contributed by atoms with Crippen molar-refractivity contribution < 1.29 is 29.0 Å². The van der Waals surface area contributed by atoms with Crippen LogP contribution in [-0.2, 0) is 46.5 Å². The summed E-state index contributed by atoms with van der Waals surface area (Å²) in [5.74, 6) is -0.530. The van der Waals surface area contributed by atoms with Gasteiger partial charge in [-0.1, -0.05) is 48.5 Å². The molecule has 0 aliphatic heterocycles. The van der Waals surface area contributed by atoms with E-state index in [0.29, 0.717) is 0 Å². The van der Waals surface area contributed by atoms with E-state index in [1.807, 2.05) is 24.3 Å². The standard InChI is InChI=1S/C22H18O2S.Rh/c1-2-22(23)24-17-18-13-15-21(16-14-18)25(19-9-5-3-6-10-19)20-11-7-4-8-12-20;/h3-16H,1,17H2;. The van der Waals surface area contributed by atoms with Crippen molar-refractivity contribution in [2.24, 2.45) is 0 Å². The molecule has 26 heavy (non-hydrogen) atoms. The molecule has 0 aliphatic carbocycles. The van der Waals surface area contributed by atoms with Crippen LogP contribution in [0.25, 0.3) is 0 Å². The van der Waals surface area contributed by atoms with E-state index in [-0.39, 0.29) is 37.0 Å². The van der Waals surface area contributed by atoms with Crippen molar-refractivity contribution in [1.29, 1.82) is 0 Å². The molecule has 3 aromatic rings.